The molecule has 100 valence electrons. The SMILES string of the molecule is COc1ccc(-c2nc3n(n2)CC(Cl)CC3)cc1N. The van der Waals surface area contributed by atoms with Crippen molar-refractivity contribution in [1.82, 2.24) is 14.8 Å². The van der Waals surface area contributed by atoms with Crippen molar-refractivity contribution in [3.8, 4) is 17.1 Å². The number of nitrogen functional groups attached to an aromatic ring is 1. The molecule has 0 radical (unpaired) electrons. The van der Waals surface area contributed by atoms with Crippen LogP contribution in [-0.2, 0) is 13.0 Å². The number of alkyl halides is 1. The summed E-state index contributed by atoms with van der Waals surface area (Å²) in [5.74, 6) is 2.34. The average molecular weight is 279 g/mol. The molecule has 2 N–H and O–H groups in total. The zero-order valence-electron chi connectivity index (χ0n) is 10.6. The van der Waals surface area contributed by atoms with Gasteiger partial charge in [0, 0.05) is 12.0 Å². The zero-order chi connectivity index (χ0) is 13.4. The van der Waals surface area contributed by atoms with Crippen LogP contribution in [-0.4, -0.2) is 27.3 Å². The molecule has 1 atom stereocenters. The van der Waals surface area contributed by atoms with Crippen LogP contribution in [0.4, 0.5) is 5.69 Å². The van der Waals surface area contributed by atoms with Crippen LogP contribution in [0, 0.1) is 0 Å². The summed E-state index contributed by atoms with van der Waals surface area (Å²) in [6.07, 6.45) is 1.82. The summed E-state index contributed by atoms with van der Waals surface area (Å²) in [6.45, 7) is 0.718. The van der Waals surface area contributed by atoms with Crippen molar-refractivity contribution in [2.75, 3.05) is 12.8 Å². The second-order valence-corrected chi connectivity index (χ2v) is 5.24. The minimum atomic E-state index is 0.142. The molecule has 0 spiro atoms. The van der Waals surface area contributed by atoms with E-state index >= 15 is 0 Å². The first-order chi connectivity index (χ1) is 9.17. The molecule has 2 aromatic rings. The normalized spacial score (nSPS) is 18.1. The molecular weight excluding hydrogens is 264 g/mol. The number of rotatable bonds is 2. The van der Waals surface area contributed by atoms with Crippen molar-refractivity contribution in [2.24, 2.45) is 0 Å². The number of fused-ring (bicyclic) bond motifs is 1. The Morgan fingerprint density at radius 3 is 3.05 bits per heavy atom. The summed E-state index contributed by atoms with van der Waals surface area (Å²) < 4.78 is 7.03. The molecular formula is C13H15ClN4O. The maximum Gasteiger partial charge on any atom is 0.181 e. The summed E-state index contributed by atoms with van der Waals surface area (Å²) in [7, 11) is 1.60. The Morgan fingerprint density at radius 2 is 2.32 bits per heavy atom. The molecule has 0 amide bonds. The number of methoxy groups -OCH3 is 1. The highest BCUT2D eigenvalue weighted by Gasteiger charge is 2.20. The second-order valence-electron chi connectivity index (χ2n) is 4.63. The lowest BCUT2D eigenvalue weighted by Gasteiger charge is -2.16. The highest BCUT2D eigenvalue weighted by atomic mass is 35.5. The maximum atomic E-state index is 6.14. The summed E-state index contributed by atoms with van der Waals surface area (Å²) in [6, 6.07) is 5.57. The number of aromatic nitrogens is 3. The maximum absolute atomic E-state index is 6.14. The Hall–Kier alpha value is -1.75. The largest absolute Gasteiger partial charge is 0.495 e. The predicted molar refractivity (Wildman–Crippen MR) is 74.4 cm³/mol. The first-order valence-corrected chi connectivity index (χ1v) is 6.62. The van der Waals surface area contributed by atoms with Crippen LogP contribution in [0.15, 0.2) is 18.2 Å². The number of nitrogens with two attached hydrogens (primary N) is 1. The van der Waals surface area contributed by atoms with E-state index in [0.717, 1.165) is 30.8 Å². The van der Waals surface area contributed by atoms with Gasteiger partial charge in [-0.25, -0.2) is 9.67 Å². The predicted octanol–water partition coefficient (Wildman–Crippen LogP) is 2.09. The van der Waals surface area contributed by atoms with Gasteiger partial charge in [0.2, 0.25) is 0 Å². The lowest BCUT2D eigenvalue weighted by atomic mass is 10.1. The molecule has 0 saturated heterocycles. The van der Waals surface area contributed by atoms with Crippen LogP contribution >= 0.6 is 11.6 Å². The summed E-state index contributed by atoms with van der Waals surface area (Å²) in [5, 5.41) is 4.63. The first-order valence-electron chi connectivity index (χ1n) is 6.19. The number of anilines is 1. The van der Waals surface area contributed by atoms with Gasteiger partial charge in [0.15, 0.2) is 5.82 Å². The van der Waals surface area contributed by atoms with Gasteiger partial charge in [0.1, 0.15) is 11.6 Å². The molecule has 6 heteroatoms. The number of aryl methyl sites for hydroxylation is 1. The number of halogens is 1. The number of nitrogens with zero attached hydrogens (tertiary/aromatic N) is 3. The number of benzene rings is 1. The van der Waals surface area contributed by atoms with E-state index in [1.165, 1.54) is 0 Å². The molecule has 5 nitrogen and oxygen atoms in total. The van der Waals surface area contributed by atoms with Gasteiger partial charge in [0.05, 0.1) is 24.7 Å². The fourth-order valence-electron chi connectivity index (χ4n) is 2.27. The highest BCUT2D eigenvalue weighted by molar-refractivity contribution is 6.20. The molecule has 1 aliphatic heterocycles. The molecule has 2 heterocycles. The molecule has 1 aromatic heterocycles. The van der Waals surface area contributed by atoms with E-state index in [-0.39, 0.29) is 5.38 Å². The van der Waals surface area contributed by atoms with Crippen molar-refractivity contribution in [2.45, 2.75) is 24.8 Å². The van der Waals surface area contributed by atoms with Gasteiger partial charge in [-0.1, -0.05) is 0 Å². The van der Waals surface area contributed by atoms with Crippen molar-refractivity contribution >= 4 is 17.3 Å². The Kier molecular flexibility index (Phi) is 3.06. The summed E-state index contributed by atoms with van der Waals surface area (Å²) in [4.78, 5) is 4.55. The quantitative estimate of drug-likeness (QED) is 0.675. The molecule has 0 fully saturated rings. The van der Waals surface area contributed by atoms with E-state index in [1.54, 1.807) is 7.11 Å². The first kappa shape index (κ1) is 12.3. The molecule has 3 rings (SSSR count). The van der Waals surface area contributed by atoms with Crippen molar-refractivity contribution < 1.29 is 4.74 Å². The third-order valence-electron chi connectivity index (χ3n) is 3.29. The molecule has 0 saturated carbocycles. The monoisotopic (exact) mass is 278 g/mol. The Balaban J connectivity index is 1.96. The van der Waals surface area contributed by atoms with Gasteiger partial charge in [-0.15, -0.1) is 11.6 Å². The lowest BCUT2D eigenvalue weighted by Crippen LogP contribution is -2.21. The molecule has 1 aromatic carbocycles. The number of hydrogen-bond donors (Lipinski definition) is 1. The third kappa shape index (κ3) is 2.26. The third-order valence-corrected chi connectivity index (χ3v) is 3.64. The summed E-state index contributed by atoms with van der Waals surface area (Å²) in [5.41, 5.74) is 7.39. The van der Waals surface area contributed by atoms with Crippen LogP contribution in [0.1, 0.15) is 12.2 Å². The molecule has 0 aliphatic carbocycles. The van der Waals surface area contributed by atoms with Gasteiger partial charge < -0.3 is 10.5 Å². The zero-order valence-corrected chi connectivity index (χ0v) is 11.4. The van der Waals surface area contributed by atoms with Gasteiger partial charge in [-0.05, 0) is 24.6 Å². The average Bonchev–Trinajstić information content (AvgIpc) is 2.81. The van der Waals surface area contributed by atoms with Gasteiger partial charge in [0.25, 0.3) is 0 Å². The molecule has 0 bridgehead atoms. The lowest BCUT2D eigenvalue weighted by molar-refractivity contribution is 0.417. The molecule has 1 aliphatic rings. The fraction of sp³-hybridized carbons (Fsp3) is 0.385. The fourth-order valence-corrected chi connectivity index (χ4v) is 2.51. The van der Waals surface area contributed by atoms with Crippen LogP contribution in [0.5, 0.6) is 5.75 Å². The number of hydrogen-bond acceptors (Lipinski definition) is 4. The minimum absolute atomic E-state index is 0.142. The van der Waals surface area contributed by atoms with Crippen molar-refractivity contribution in [3.05, 3.63) is 24.0 Å². The van der Waals surface area contributed by atoms with Crippen LogP contribution in [0.2, 0.25) is 0 Å². The Morgan fingerprint density at radius 1 is 1.47 bits per heavy atom. The molecule has 1 unspecified atom stereocenters. The van der Waals surface area contributed by atoms with Crippen molar-refractivity contribution in [1.29, 1.82) is 0 Å². The minimum Gasteiger partial charge on any atom is -0.495 e. The highest BCUT2D eigenvalue weighted by Crippen LogP contribution is 2.28. The van der Waals surface area contributed by atoms with Crippen LogP contribution < -0.4 is 10.5 Å². The van der Waals surface area contributed by atoms with Crippen molar-refractivity contribution in [3.63, 3.8) is 0 Å². The van der Waals surface area contributed by atoms with E-state index in [4.69, 9.17) is 22.1 Å². The smallest absolute Gasteiger partial charge is 0.181 e. The van der Waals surface area contributed by atoms with Gasteiger partial charge >= 0.3 is 0 Å². The second kappa shape index (κ2) is 4.74. The standard InChI is InChI=1S/C13H15ClN4O/c1-19-11-4-2-8(6-10(11)15)13-16-12-5-3-9(14)7-18(12)17-13/h2,4,6,9H,3,5,7,15H2,1H3. The van der Waals surface area contributed by atoms with E-state index in [9.17, 15) is 0 Å². The van der Waals surface area contributed by atoms with E-state index in [2.05, 4.69) is 10.1 Å². The van der Waals surface area contributed by atoms with Gasteiger partial charge in [-0.2, -0.15) is 5.10 Å². The topological polar surface area (TPSA) is 66.0 Å². The van der Waals surface area contributed by atoms with Crippen LogP contribution in [0.3, 0.4) is 0 Å². The summed E-state index contributed by atoms with van der Waals surface area (Å²) >= 11 is 6.14. The van der Waals surface area contributed by atoms with Gasteiger partial charge in [-0.3, -0.25) is 0 Å². The van der Waals surface area contributed by atoms with E-state index in [1.807, 2.05) is 22.9 Å². The van der Waals surface area contributed by atoms with E-state index < -0.39 is 0 Å². The Labute approximate surface area is 116 Å². The molecule has 19 heavy (non-hydrogen) atoms. The number of ether oxygens (including phenoxy) is 1. The van der Waals surface area contributed by atoms with Crippen LogP contribution in [0.25, 0.3) is 11.4 Å². The van der Waals surface area contributed by atoms with E-state index in [0.29, 0.717) is 17.3 Å². The Bertz CT molecular complexity index is 611.